The van der Waals surface area contributed by atoms with Crippen molar-refractivity contribution in [3.05, 3.63) is 86.3 Å². The number of methoxy groups -OCH3 is 2. The highest BCUT2D eigenvalue weighted by atomic mass is 16.5. The second kappa shape index (κ2) is 14.5. The van der Waals surface area contributed by atoms with Gasteiger partial charge in [0, 0.05) is 56.2 Å². The lowest BCUT2D eigenvalue weighted by Gasteiger charge is -2.40. The first-order chi connectivity index (χ1) is 24.7. The van der Waals surface area contributed by atoms with Crippen molar-refractivity contribution in [1.82, 2.24) is 14.4 Å². The van der Waals surface area contributed by atoms with Gasteiger partial charge in [-0.25, -0.2) is 0 Å². The second-order valence-electron chi connectivity index (χ2n) is 16.4. The highest BCUT2D eigenvalue weighted by Gasteiger charge is 2.41. The number of anilines is 1. The summed E-state index contributed by atoms with van der Waals surface area (Å²) in [5, 5.41) is 9.80. The molecule has 0 radical (unpaired) electrons. The van der Waals surface area contributed by atoms with E-state index in [0.29, 0.717) is 6.54 Å². The van der Waals surface area contributed by atoms with E-state index in [4.69, 9.17) is 9.47 Å². The molecule has 0 saturated carbocycles. The van der Waals surface area contributed by atoms with Crippen molar-refractivity contribution in [2.24, 2.45) is 17.9 Å². The lowest BCUT2D eigenvalue weighted by Crippen LogP contribution is -2.41. The number of aromatic nitrogens is 1. The quantitative estimate of drug-likeness (QED) is 0.191. The number of benzene rings is 2. The smallest absolute Gasteiger partial charge is 0.264 e. The maximum absolute atomic E-state index is 13.5. The van der Waals surface area contributed by atoms with Gasteiger partial charge in [-0.3, -0.25) is 14.5 Å². The van der Waals surface area contributed by atoms with Crippen LogP contribution in [0.4, 0.5) is 5.69 Å². The van der Waals surface area contributed by atoms with Crippen molar-refractivity contribution in [1.29, 1.82) is 5.26 Å². The number of pyridine rings is 1. The van der Waals surface area contributed by atoms with Gasteiger partial charge in [0.25, 0.3) is 11.5 Å². The van der Waals surface area contributed by atoms with Crippen LogP contribution in [0.1, 0.15) is 80.8 Å². The van der Waals surface area contributed by atoms with Gasteiger partial charge in [-0.05, 0) is 117 Å². The number of amides is 1. The van der Waals surface area contributed by atoms with E-state index in [1.807, 2.05) is 45.7 Å². The lowest BCUT2D eigenvalue weighted by molar-refractivity contribution is -0.129. The molecule has 276 valence electrons. The van der Waals surface area contributed by atoms with E-state index in [0.717, 1.165) is 91.3 Å². The molecule has 3 aliphatic rings. The van der Waals surface area contributed by atoms with Crippen molar-refractivity contribution in [3.8, 4) is 28.7 Å². The highest BCUT2D eigenvalue weighted by molar-refractivity contribution is 5.97. The molecule has 6 rings (SSSR count). The van der Waals surface area contributed by atoms with E-state index in [-0.39, 0.29) is 33.9 Å². The van der Waals surface area contributed by atoms with E-state index in [1.54, 1.807) is 31.9 Å². The minimum absolute atomic E-state index is 0.0163. The van der Waals surface area contributed by atoms with Crippen LogP contribution in [0.3, 0.4) is 0 Å². The third-order valence-electron chi connectivity index (χ3n) is 11.8. The number of aryl methyl sites for hydroxylation is 1. The van der Waals surface area contributed by atoms with Crippen LogP contribution in [0.5, 0.6) is 11.5 Å². The highest BCUT2D eigenvalue weighted by Crippen LogP contribution is 2.44. The standard InChI is InChI=1S/C43H55N5O4/c1-28-29(2)40(49)45(7)25-36(28)32-20-38(51-8)37(39(21-32)52-9)26-46-17-13-43(14-18-46)15-19-47(27-43)34-11-10-31-12-16-48(30(3)35(31)22-34)41(50)33(24-44)23-42(4,5)6/h10-11,20-23,25,30H,12-19,26-27H2,1-9H3/b33-23+/t30-/m1/s1. The van der Waals surface area contributed by atoms with Gasteiger partial charge < -0.3 is 23.8 Å². The number of likely N-dealkylation sites (tertiary alicyclic amines) is 1. The van der Waals surface area contributed by atoms with Crippen LogP contribution < -0.4 is 19.9 Å². The Morgan fingerprint density at radius 3 is 2.27 bits per heavy atom. The van der Waals surface area contributed by atoms with E-state index in [2.05, 4.69) is 53.1 Å². The van der Waals surface area contributed by atoms with E-state index in [1.165, 1.54) is 23.2 Å². The number of fused-ring (bicyclic) bond motifs is 1. The summed E-state index contributed by atoms with van der Waals surface area (Å²) >= 11 is 0. The molecule has 9 heteroatoms. The molecule has 1 atom stereocenters. The fourth-order valence-corrected chi connectivity index (χ4v) is 8.54. The molecular weight excluding hydrogens is 651 g/mol. The van der Waals surface area contributed by atoms with Crippen molar-refractivity contribution in [3.63, 3.8) is 0 Å². The Labute approximate surface area is 309 Å². The van der Waals surface area contributed by atoms with E-state index in [9.17, 15) is 14.9 Å². The monoisotopic (exact) mass is 705 g/mol. The number of carbonyl (C=O) groups excluding carboxylic acids is 1. The molecular formula is C43H55N5O4. The minimum atomic E-state index is -0.247. The molecule has 0 unspecified atom stereocenters. The summed E-state index contributed by atoms with van der Waals surface area (Å²) in [6.45, 7) is 17.4. The summed E-state index contributed by atoms with van der Waals surface area (Å²) in [6, 6.07) is 13.0. The molecule has 1 aromatic heterocycles. The Kier molecular flexibility index (Phi) is 10.4. The van der Waals surface area contributed by atoms with E-state index >= 15 is 0 Å². The van der Waals surface area contributed by atoms with Gasteiger partial charge >= 0.3 is 0 Å². The first-order valence-electron chi connectivity index (χ1n) is 18.6. The average molecular weight is 706 g/mol. The topological polar surface area (TPSA) is 91.0 Å². The number of rotatable bonds is 7. The fraction of sp³-hybridized carbons (Fsp3) is 0.512. The Hall–Kier alpha value is -4.55. The first-order valence-corrected chi connectivity index (χ1v) is 18.6. The van der Waals surface area contributed by atoms with Gasteiger partial charge in [-0.15, -0.1) is 0 Å². The second-order valence-corrected chi connectivity index (χ2v) is 16.4. The van der Waals surface area contributed by atoms with Crippen molar-refractivity contribution in [2.45, 2.75) is 79.8 Å². The normalized spacial score (nSPS) is 19.1. The molecule has 0 bridgehead atoms. The van der Waals surface area contributed by atoms with Crippen molar-refractivity contribution in [2.75, 3.05) is 51.8 Å². The SMILES string of the molecule is COc1cc(-c2cn(C)c(=O)c(C)c2C)cc(OC)c1CN1CCC2(CC1)CCN(c1ccc3c(c1)[C@@H](C)N(C(=O)/C(C#N)=C/C(C)(C)C)CC3)C2. The molecule has 3 aromatic rings. The maximum Gasteiger partial charge on any atom is 0.264 e. The van der Waals surface area contributed by atoms with E-state index < -0.39 is 0 Å². The summed E-state index contributed by atoms with van der Waals surface area (Å²) < 4.78 is 13.5. The summed E-state index contributed by atoms with van der Waals surface area (Å²) in [5.74, 6) is 1.42. The summed E-state index contributed by atoms with van der Waals surface area (Å²) in [6.07, 6.45) is 7.91. The zero-order valence-corrected chi connectivity index (χ0v) is 32.6. The van der Waals surface area contributed by atoms with Crippen molar-refractivity contribution >= 4 is 11.6 Å². The van der Waals surface area contributed by atoms with Gasteiger partial charge in [-0.2, -0.15) is 5.26 Å². The summed E-state index contributed by atoms with van der Waals surface area (Å²) in [5.41, 5.74) is 8.70. The molecule has 2 saturated heterocycles. The lowest BCUT2D eigenvalue weighted by atomic mass is 9.77. The number of hydrogen-bond acceptors (Lipinski definition) is 7. The Morgan fingerprint density at radius 1 is 1.00 bits per heavy atom. The van der Waals surface area contributed by atoms with Crippen LogP contribution in [-0.4, -0.2) is 67.2 Å². The summed E-state index contributed by atoms with van der Waals surface area (Å²) in [7, 11) is 5.21. The van der Waals surface area contributed by atoms with Crippen LogP contribution in [0.25, 0.3) is 11.1 Å². The molecule has 1 amide bonds. The number of allylic oxidation sites excluding steroid dienone is 1. The molecule has 1 spiro atoms. The minimum Gasteiger partial charge on any atom is -0.496 e. The van der Waals surface area contributed by atoms with Crippen LogP contribution in [0, 0.1) is 36.0 Å². The third kappa shape index (κ3) is 7.23. The molecule has 2 fully saturated rings. The Morgan fingerprint density at radius 2 is 1.65 bits per heavy atom. The third-order valence-corrected chi connectivity index (χ3v) is 11.8. The molecule has 0 aliphatic carbocycles. The molecule has 9 nitrogen and oxygen atoms in total. The summed E-state index contributed by atoms with van der Waals surface area (Å²) in [4.78, 5) is 32.9. The molecule has 0 N–H and O–H groups in total. The first kappa shape index (κ1) is 37.2. The number of carbonyl (C=O) groups is 1. The molecule has 3 aliphatic heterocycles. The number of hydrogen-bond donors (Lipinski definition) is 0. The van der Waals surface area contributed by atoms with Crippen LogP contribution in [0.2, 0.25) is 0 Å². The average Bonchev–Trinajstić information content (AvgIpc) is 3.55. The van der Waals surface area contributed by atoms with Gasteiger partial charge in [0.15, 0.2) is 0 Å². The number of nitrogens with zero attached hydrogens (tertiary/aromatic N) is 5. The van der Waals surface area contributed by atoms with Crippen LogP contribution in [-0.2, 0) is 24.8 Å². The van der Waals surface area contributed by atoms with Crippen LogP contribution in [0.15, 0.2) is 53.0 Å². The van der Waals surface area contributed by atoms with Gasteiger partial charge in [0.05, 0.1) is 25.8 Å². The Bertz CT molecular complexity index is 1960. The zero-order valence-electron chi connectivity index (χ0n) is 32.6. The van der Waals surface area contributed by atoms with Crippen LogP contribution >= 0.6 is 0 Å². The predicted octanol–water partition coefficient (Wildman–Crippen LogP) is 7.12. The number of nitriles is 1. The number of ether oxygens (including phenoxy) is 2. The van der Waals surface area contributed by atoms with Gasteiger partial charge in [-0.1, -0.05) is 32.9 Å². The Balaban J connectivity index is 1.13. The molecule has 4 heterocycles. The largest absolute Gasteiger partial charge is 0.496 e. The fourth-order valence-electron chi connectivity index (χ4n) is 8.54. The molecule has 2 aromatic carbocycles. The van der Waals surface area contributed by atoms with Crippen molar-refractivity contribution < 1.29 is 14.3 Å². The molecule has 52 heavy (non-hydrogen) atoms. The van der Waals surface area contributed by atoms with Gasteiger partial charge in [0.2, 0.25) is 0 Å². The number of piperidine rings is 1. The zero-order chi connectivity index (χ0) is 37.5. The maximum atomic E-state index is 13.5. The van der Waals surface area contributed by atoms with Gasteiger partial charge in [0.1, 0.15) is 23.1 Å². The predicted molar refractivity (Wildman–Crippen MR) is 207 cm³/mol.